The molecule has 0 aliphatic rings. The molecule has 0 aliphatic carbocycles. The summed E-state index contributed by atoms with van der Waals surface area (Å²) in [5.74, 6) is 0. The average molecular weight is 259 g/mol. The fraction of sp³-hybridized carbons (Fsp3) is 0.200. The lowest BCUT2D eigenvalue weighted by atomic mass is 10.3. The second-order valence-corrected chi connectivity index (χ2v) is 4.30. The highest BCUT2D eigenvalue weighted by atomic mass is 35.5. The van der Waals surface area contributed by atoms with Crippen molar-refractivity contribution in [1.82, 2.24) is 9.13 Å². The van der Waals surface area contributed by atoms with Gasteiger partial charge in [-0.05, 0) is 12.1 Å². The molecule has 1 heterocycles. The van der Waals surface area contributed by atoms with Gasteiger partial charge in [0, 0.05) is 14.1 Å². The molecule has 16 heavy (non-hydrogen) atoms. The summed E-state index contributed by atoms with van der Waals surface area (Å²) in [6.07, 6.45) is 0. The highest BCUT2D eigenvalue weighted by Crippen LogP contribution is 2.26. The van der Waals surface area contributed by atoms with Crippen LogP contribution in [0.4, 0.5) is 0 Å². The number of rotatable bonds is 0. The highest BCUT2D eigenvalue weighted by Gasteiger charge is 2.10. The smallest absolute Gasteiger partial charge is 0.305 e. The Morgan fingerprint density at radius 3 is 1.50 bits per heavy atom. The summed E-state index contributed by atoms with van der Waals surface area (Å²) in [6, 6.07) is 3.14. The van der Waals surface area contributed by atoms with Gasteiger partial charge in [0.2, 0.25) is 0 Å². The average Bonchev–Trinajstić information content (AvgIpc) is 2.26. The lowest BCUT2D eigenvalue weighted by Gasteiger charge is -2.09. The molecule has 0 bridgehead atoms. The van der Waals surface area contributed by atoms with Crippen molar-refractivity contribution in [2.24, 2.45) is 14.1 Å². The molecule has 0 spiro atoms. The van der Waals surface area contributed by atoms with Crippen LogP contribution in [0.25, 0.3) is 11.0 Å². The van der Waals surface area contributed by atoms with Crippen LogP contribution in [0.3, 0.4) is 0 Å². The molecule has 0 fully saturated rings. The van der Waals surface area contributed by atoms with Gasteiger partial charge in [0.25, 0.3) is 0 Å². The van der Waals surface area contributed by atoms with E-state index in [1.165, 1.54) is 23.2 Å². The first kappa shape index (κ1) is 11.2. The molecule has 0 saturated carbocycles. The second kappa shape index (κ2) is 3.64. The van der Waals surface area contributed by atoms with E-state index in [4.69, 9.17) is 23.2 Å². The van der Waals surface area contributed by atoms with E-state index in [1.807, 2.05) is 0 Å². The third-order valence-electron chi connectivity index (χ3n) is 2.53. The lowest BCUT2D eigenvalue weighted by Crippen LogP contribution is -2.39. The first-order valence-electron chi connectivity index (χ1n) is 4.48. The molecule has 0 N–H and O–H groups in total. The second-order valence-electron chi connectivity index (χ2n) is 3.48. The monoisotopic (exact) mass is 258 g/mol. The van der Waals surface area contributed by atoms with Crippen molar-refractivity contribution in [3.8, 4) is 0 Å². The van der Waals surface area contributed by atoms with E-state index in [0.29, 0.717) is 21.1 Å². The molecule has 0 radical (unpaired) electrons. The van der Waals surface area contributed by atoms with Crippen LogP contribution in [-0.4, -0.2) is 9.13 Å². The zero-order valence-electron chi connectivity index (χ0n) is 8.62. The summed E-state index contributed by atoms with van der Waals surface area (Å²) in [7, 11) is 3.05. The van der Waals surface area contributed by atoms with Gasteiger partial charge < -0.3 is 9.13 Å². The largest absolute Gasteiger partial charge is 0.316 e. The fourth-order valence-electron chi connectivity index (χ4n) is 1.57. The molecule has 0 amide bonds. The van der Waals surface area contributed by atoms with Gasteiger partial charge in [-0.3, -0.25) is 9.59 Å². The summed E-state index contributed by atoms with van der Waals surface area (Å²) < 4.78 is 2.53. The lowest BCUT2D eigenvalue weighted by molar-refractivity contribution is 0.799. The van der Waals surface area contributed by atoms with Crippen LogP contribution in [-0.2, 0) is 14.1 Å². The van der Waals surface area contributed by atoms with Crippen molar-refractivity contribution >= 4 is 34.2 Å². The Kier molecular flexibility index (Phi) is 2.56. The van der Waals surface area contributed by atoms with E-state index < -0.39 is 11.1 Å². The zero-order chi connectivity index (χ0) is 12.0. The van der Waals surface area contributed by atoms with Gasteiger partial charge in [0.1, 0.15) is 0 Å². The first-order valence-corrected chi connectivity index (χ1v) is 5.24. The molecule has 0 unspecified atom stereocenters. The maximum Gasteiger partial charge on any atom is 0.316 e. The van der Waals surface area contributed by atoms with Crippen LogP contribution in [0.2, 0.25) is 10.0 Å². The van der Waals surface area contributed by atoms with Crippen LogP contribution >= 0.6 is 23.2 Å². The van der Waals surface area contributed by atoms with Gasteiger partial charge >= 0.3 is 11.1 Å². The van der Waals surface area contributed by atoms with Gasteiger partial charge in [-0.1, -0.05) is 23.2 Å². The molecule has 2 rings (SSSR count). The molecule has 0 saturated heterocycles. The molecule has 0 atom stereocenters. The fourth-order valence-corrected chi connectivity index (χ4v) is 1.88. The zero-order valence-corrected chi connectivity index (χ0v) is 10.1. The van der Waals surface area contributed by atoms with E-state index in [9.17, 15) is 9.59 Å². The number of halogens is 2. The molecule has 6 heteroatoms. The standard InChI is InChI=1S/C10H8Cl2N2O2/c1-13-7-3-5(11)6(12)4-8(7)14(2)10(16)9(13)15/h3-4H,1-2H3. The van der Waals surface area contributed by atoms with E-state index >= 15 is 0 Å². The summed E-state index contributed by atoms with van der Waals surface area (Å²) in [5.41, 5.74) is -0.0372. The Morgan fingerprint density at radius 1 is 0.875 bits per heavy atom. The first-order chi connectivity index (χ1) is 7.43. The van der Waals surface area contributed by atoms with E-state index in [1.54, 1.807) is 12.1 Å². The SMILES string of the molecule is Cn1c(=O)c(=O)n(C)c2cc(Cl)c(Cl)cc21. The van der Waals surface area contributed by atoms with Crippen molar-refractivity contribution in [1.29, 1.82) is 0 Å². The topological polar surface area (TPSA) is 44.0 Å². The molecule has 1 aromatic carbocycles. The number of aryl methyl sites for hydroxylation is 2. The third kappa shape index (κ3) is 1.45. The predicted octanol–water partition coefficient (Wildman–Crippen LogP) is 1.54. The van der Waals surface area contributed by atoms with Crippen LogP contribution < -0.4 is 11.1 Å². The Bertz CT molecular complexity index is 640. The van der Waals surface area contributed by atoms with Crippen molar-refractivity contribution in [2.45, 2.75) is 0 Å². The van der Waals surface area contributed by atoms with E-state index in [2.05, 4.69) is 0 Å². The van der Waals surface area contributed by atoms with Gasteiger partial charge in [-0.2, -0.15) is 0 Å². The number of fused-ring (bicyclic) bond motifs is 1. The quantitative estimate of drug-likeness (QED) is 0.673. The third-order valence-corrected chi connectivity index (χ3v) is 3.25. The number of aromatic nitrogens is 2. The minimum Gasteiger partial charge on any atom is -0.305 e. The van der Waals surface area contributed by atoms with Crippen LogP contribution in [0, 0.1) is 0 Å². The molecule has 4 nitrogen and oxygen atoms in total. The Balaban J connectivity index is 3.15. The number of nitrogens with zero attached hydrogens (tertiary/aromatic N) is 2. The van der Waals surface area contributed by atoms with Crippen LogP contribution in [0.1, 0.15) is 0 Å². The van der Waals surface area contributed by atoms with Gasteiger partial charge in [0.15, 0.2) is 0 Å². The minimum atomic E-state index is -0.589. The molecule has 1 aromatic heterocycles. The Labute approximate surface area is 101 Å². The van der Waals surface area contributed by atoms with Crippen molar-refractivity contribution < 1.29 is 0 Å². The number of benzene rings is 1. The highest BCUT2D eigenvalue weighted by molar-refractivity contribution is 6.42. The van der Waals surface area contributed by atoms with Gasteiger partial charge in [-0.25, -0.2) is 0 Å². The molecule has 0 aliphatic heterocycles. The van der Waals surface area contributed by atoms with Gasteiger partial charge in [-0.15, -0.1) is 0 Å². The maximum absolute atomic E-state index is 11.6. The summed E-state index contributed by atoms with van der Waals surface area (Å²) in [5, 5.41) is 0.700. The molecular formula is C10H8Cl2N2O2. The van der Waals surface area contributed by atoms with Crippen LogP contribution in [0.15, 0.2) is 21.7 Å². The summed E-state index contributed by atoms with van der Waals surface area (Å²) >= 11 is 11.7. The normalized spacial score (nSPS) is 11.0. The molecule has 2 aromatic rings. The van der Waals surface area contributed by atoms with Gasteiger partial charge in [0.05, 0.1) is 21.1 Å². The number of hydrogen-bond acceptors (Lipinski definition) is 2. The Morgan fingerprint density at radius 2 is 1.19 bits per heavy atom. The predicted molar refractivity (Wildman–Crippen MR) is 64.5 cm³/mol. The molecule has 84 valence electrons. The maximum atomic E-state index is 11.6. The number of hydrogen-bond donors (Lipinski definition) is 0. The van der Waals surface area contributed by atoms with Crippen LogP contribution in [0.5, 0.6) is 0 Å². The minimum absolute atomic E-state index is 0.350. The molecular weight excluding hydrogens is 251 g/mol. The summed E-state index contributed by atoms with van der Waals surface area (Å²) in [6.45, 7) is 0. The van der Waals surface area contributed by atoms with E-state index in [0.717, 1.165) is 0 Å². The Hall–Kier alpha value is -1.26. The van der Waals surface area contributed by atoms with Crippen molar-refractivity contribution in [3.05, 3.63) is 42.9 Å². The van der Waals surface area contributed by atoms with Crippen molar-refractivity contribution in [3.63, 3.8) is 0 Å². The van der Waals surface area contributed by atoms with E-state index in [-0.39, 0.29) is 0 Å². The summed E-state index contributed by atoms with van der Waals surface area (Å²) in [4.78, 5) is 23.1. The van der Waals surface area contributed by atoms with Crippen molar-refractivity contribution in [2.75, 3.05) is 0 Å².